The average Bonchev–Trinajstić information content (AvgIpc) is 1.89. The Bertz CT molecular complexity index is 112. The lowest BCUT2D eigenvalue weighted by Gasteiger charge is -2.29. The summed E-state index contributed by atoms with van der Waals surface area (Å²) in [5, 5.41) is 2.63. The van der Waals surface area contributed by atoms with Crippen molar-refractivity contribution in [1.29, 1.82) is 0 Å². The Hall–Kier alpha value is -0.570. The molecule has 0 spiro atoms. The van der Waals surface area contributed by atoms with Gasteiger partial charge in [0.2, 0.25) is 6.41 Å². The third-order valence-electron chi connectivity index (χ3n) is 1.89. The van der Waals surface area contributed by atoms with Crippen LogP contribution in [0, 0.1) is 0 Å². The van der Waals surface area contributed by atoms with Crippen molar-refractivity contribution in [2.45, 2.75) is 32.4 Å². The van der Waals surface area contributed by atoms with E-state index in [2.05, 4.69) is 5.32 Å². The normalized spacial score (nSPS) is 14.4. The Balaban J connectivity index is 3.89. The lowest BCUT2D eigenvalue weighted by molar-refractivity contribution is -0.112. The van der Waals surface area contributed by atoms with Gasteiger partial charge in [-0.3, -0.25) is 4.79 Å². The second-order valence-electron chi connectivity index (χ2n) is 2.81. The molecular formula is C7H15NO2. The Morgan fingerprint density at radius 3 is 2.40 bits per heavy atom. The first-order valence-electron chi connectivity index (χ1n) is 3.29. The van der Waals surface area contributed by atoms with Gasteiger partial charge in [-0.1, -0.05) is 0 Å². The summed E-state index contributed by atoms with van der Waals surface area (Å²) in [6.45, 7) is 5.75. The van der Waals surface area contributed by atoms with Crippen LogP contribution in [0.1, 0.15) is 20.8 Å². The van der Waals surface area contributed by atoms with E-state index in [0.717, 1.165) is 0 Å². The zero-order chi connectivity index (χ0) is 8.20. The Morgan fingerprint density at radius 2 is 2.10 bits per heavy atom. The molecule has 0 heterocycles. The molecule has 0 radical (unpaired) electrons. The SMILES string of the molecule is COC(C)(C)C(C)NC=O. The summed E-state index contributed by atoms with van der Waals surface area (Å²) in [6.07, 6.45) is 0.686. The number of carbonyl (C=O) groups excluding carboxylic acids is 1. The predicted octanol–water partition coefficient (Wildman–Crippen LogP) is 0.546. The highest BCUT2D eigenvalue weighted by molar-refractivity contribution is 5.46. The molecule has 0 aromatic rings. The quantitative estimate of drug-likeness (QED) is 0.586. The number of ether oxygens (including phenoxy) is 1. The highest BCUT2D eigenvalue weighted by Crippen LogP contribution is 2.11. The number of nitrogens with one attached hydrogen (secondary N) is 1. The second kappa shape index (κ2) is 3.56. The van der Waals surface area contributed by atoms with E-state index in [9.17, 15) is 4.79 Å². The zero-order valence-corrected chi connectivity index (χ0v) is 6.97. The molecule has 1 unspecified atom stereocenters. The van der Waals surface area contributed by atoms with Crippen LogP contribution in [0.15, 0.2) is 0 Å². The number of hydrogen-bond donors (Lipinski definition) is 1. The summed E-state index contributed by atoms with van der Waals surface area (Å²) in [5.41, 5.74) is -0.291. The standard InChI is InChI=1S/C7H15NO2/c1-6(8-5-9)7(2,3)10-4/h5-6H,1-4H3,(H,8,9). The summed E-state index contributed by atoms with van der Waals surface area (Å²) < 4.78 is 5.13. The van der Waals surface area contributed by atoms with Gasteiger partial charge in [-0.25, -0.2) is 0 Å². The van der Waals surface area contributed by atoms with Gasteiger partial charge in [0.05, 0.1) is 11.6 Å². The fourth-order valence-corrected chi connectivity index (χ4v) is 0.480. The summed E-state index contributed by atoms with van der Waals surface area (Å²) in [5.74, 6) is 0. The zero-order valence-electron chi connectivity index (χ0n) is 6.97. The molecule has 0 fully saturated rings. The van der Waals surface area contributed by atoms with E-state index in [1.54, 1.807) is 7.11 Å². The molecular weight excluding hydrogens is 130 g/mol. The first-order chi connectivity index (χ1) is 4.54. The van der Waals surface area contributed by atoms with E-state index in [-0.39, 0.29) is 11.6 Å². The highest BCUT2D eigenvalue weighted by atomic mass is 16.5. The van der Waals surface area contributed by atoms with Crippen LogP contribution in [-0.4, -0.2) is 25.2 Å². The monoisotopic (exact) mass is 145 g/mol. The van der Waals surface area contributed by atoms with Gasteiger partial charge in [0, 0.05) is 7.11 Å². The van der Waals surface area contributed by atoms with E-state index in [4.69, 9.17) is 4.74 Å². The molecule has 0 rings (SSSR count). The molecule has 10 heavy (non-hydrogen) atoms. The van der Waals surface area contributed by atoms with Crippen LogP contribution in [0.2, 0.25) is 0 Å². The molecule has 0 saturated carbocycles. The van der Waals surface area contributed by atoms with Crippen molar-refractivity contribution in [3.8, 4) is 0 Å². The fraction of sp³-hybridized carbons (Fsp3) is 0.857. The van der Waals surface area contributed by atoms with Gasteiger partial charge >= 0.3 is 0 Å². The van der Waals surface area contributed by atoms with Crippen molar-refractivity contribution < 1.29 is 9.53 Å². The number of methoxy groups -OCH3 is 1. The Kier molecular flexibility index (Phi) is 3.36. The maximum absolute atomic E-state index is 10.0. The molecule has 0 saturated heterocycles. The minimum absolute atomic E-state index is 0.0370. The van der Waals surface area contributed by atoms with Crippen molar-refractivity contribution in [2.75, 3.05) is 7.11 Å². The van der Waals surface area contributed by atoms with Gasteiger partial charge in [-0.05, 0) is 20.8 Å². The summed E-state index contributed by atoms with van der Waals surface area (Å²) in [7, 11) is 1.63. The van der Waals surface area contributed by atoms with E-state index < -0.39 is 0 Å². The smallest absolute Gasteiger partial charge is 0.207 e. The Morgan fingerprint density at radius 1 is 1.60 bits per heavy atom. The largest absolute Gasteiger partial charge is 0.377 e. The average molecular weight is 145 g/mol. The molecule has 1 N–H and O–H groups in total. The molecule has 0 aliphatic carbocycles. The minimum Gasteiger partial charge on any atom is -0.377 e. The molecule has 0 aliphatic heterocycles. The lowest BCUT2D eigenvalue weighted by Crippen LogP contribution is -2.45. The third-order valence-corrected chi connectivity index (χ3v) is 1.89. The molecule has 0 aliphatic rings. The first-order valence-corrected chi connectivity index (χ1v) is 3.29. The molecule has 0 aromatic carbocycles. The number of hydrogen-bond acceptors (Lipinski definition) is 2. The topological polar surface area (TPSA) is 38.3 Å². The number of amides is 1. The predicted molar refractivity (Wildman–Crippen MR) is 39.7 cm³/mol. The molecule has 0 aromatic heterocycles. The van der Waals surface area contributed by atoms with Crippen molar-refractivity contribution in [2.24, 2.45) is 0 Å². The van der Waals surface area contributed by atoms with E-state index in [1.165, 1.54) is 0 Å². The highest BCUT2D eigenvalue weighted by Gasteiger charge is 2.24. The van der Waals surface area contributed by atoms with E-state index >= 15 is 0 Å². The van der Waals surface area contributed by atoms with Gasteiger partial charge in [-0.15, -0.1) is 0 Å². The van der Waals surface area contributed by atoms with Gasteiger partial charge in [-0.2, -0.15) is 0 Å². The molecule has 3 nitrogen and oxygen atoms in total. The van der Waals surface area contributed by atoms with E-state index in [1.807, 2.05) is 20.8 Å². The number of carbonyl (C=O) groups is 1. The van der Waals surface area contributed by atoms with Gasteiger partial charge in [0.1, 0.15) is 0 Å². The fourth-order valence-electron chi connectivity index (χ4n) is 0.480. The molecule has 3 heteroatoms. The molecule has 1 amide bonds. The summed E-state index contributed by atoms with van der Waals surface area (Å²) in [4.78, 5) is 10.0. The lowest BCUT2D eigenvalue weighted by atomic mass is 10.0. The van der Waals surface area contributed by atoms with Crippen LogP contribution >= 0.6 is 0 Å². The minimum atomic E-state index is -0.291. The van der Waals surface area contributed by atoms with Crippen LogP contribution in [0.3, 0.4) is 0 Å². The second-order valence-corrected chi connectivity index (χ2v) is 2.81. The summed E-state index contributed by atoms with van der Waals surface area (Å²) in [6, 6.07) is 0.0370. The van der Waals surface area contributed by atoms with Gasteiger partial charge in [0.25, 0.3) is 0 Å². The van der Waals surface area contributed by atoms with Crippen LogP contribution in [-0.2, 0) is 9.53 Å². The summed E-state index contributed by atoms with van der Waals surface area (Å²) >= 11 is 0. The number of rotatable bonds is 4. The van der Waals surface area contributed by atoms with Crippen molar-refractivity contribution in [3.05, 3.63) is 0 Å². The Labute approximate surface area is 61.8 Å². The van der Waals surface area contributed by atoms with Crippen LogP contribution < -0.4 is 5.32 Å². The van der Waals surface area contributed by atoms with Gasteiger partial charge < -0.3 is 10.1 Å². The van der Waals surface area contributed by atoms with Gasteiger partial charge in [0.15, 0.2) is 0 Å². The van der Waals surface area contributed by atoms with Crippen molar-refractivity contribution >= 4 is 6.41 Å². The third kappa shape index (κ3) is 2.35. The maximum atomic E-state index is 10.0. The first kappa shape index (κ1) is 9.43. The van der Waals surface area contributed by atoms with Crippen molar-refractivity contribution in [3.63, 3.8) is 0 Å². The van der Waals surface area contributed by atoms with Crippen LogP contribution in [0.25, 0.3) is 0 Å². The molecule has 60 valence electrons. The van der Waals surface area contributed by atoms with Crippen molar-refractivity contribution in [1.82, 2.24) is 5.32 Å². The maximum Gasteiger partial charge on any atom is 0.207 e. The molecule has 0 bridgehead atoms. The van der Waals surface area contributed by atoms with E-state index in [0.29, 0.717) is 6.41 Å². The van der Waals surface area contributed by atoms with Crippen LogP contribution in [0.4, 0.5) is 0 Å². The van der Waals surface area contributed by atoms with Crippen LogP contribution in [0.5, 0.6) is 0 Å². The molecule has 1 atom stereocenters.